The van der Waals surface area contributed by atoms with E-state index < -0.39 is 4.92 Å². The highest BCUT2D eigenvalue weighted by molar-refractivity contribution is 7.18. The molecule has 1 heterocycles. The lowest BCUT2D eigenvalue weighted by molar-refractivity contribution is -0.384. The molecule has 0 fully saturated rings. The van der Waals surface area contributed by atoms with Crippen molar-refractivity contribution in [3.63, 3.8) is 0 Å². The molecule has 1 N–H and O–H groups in total. The van der Waals surface area contributed by atoms with Gasteiger partial charge in [0.05, 0.1) is 10.5 Å². The lowest BCUT2D eigenvalue weighted by Gasteiger charge is -1.99. The minimum Gasteiger partial charge on any atom is -0.492 e. The fraction of sp³-hybridized carbons (Fsp3) is 0. The van der Waals surface area contributed by atoms with Crippen LogP contribution in [0.5, 0.6) is 5.88 Å². The summed E-state index contributed by atoms with van der Waals surface area (Å²) in [5.74, 6) is -0.187. The van der Waals surface area contributed by atoms with Gasteiger partial charge in [-0.2, -0.15) is 0 Å². The Morgan fingerprint density at radius 1 is 1.05 bits per heavy atom. The lowest BCUT2D eigenvalue weighted by atomic mass is 10.1. The van der Waals surface area contributed by atoms with E-state index >= 15 is 0 Å². The topological polar surface area (TPSA) is 76.3 Å². The third-order valence-electron chi connectivity index (χ3n) is 2.98. The molecule has 0 amide bonds. The fourth-order valence-electron chi connectivity index (χ4n) is 2.02. The highest BCUT2D eigenvalue weighted by Crippen LogP contribution is 2.42. The summed E-state index contributed by atoms with van der Waals surface area (Å²) < 4.78 is 0. The van der Waals surface area contributed by atoms with Crippen LogP contribution in [0, 0.1) is 10.1 Å². The largest absolute Gasteiger partial charge is 0.492 e. The smallest absolute Gasteiger partial charge is 0.278 e. The molecule has 1 aromatic heterocycles. The number of nitro benzene ring substituents is 1. The Hall–Kier alpha value is -2.73. The van der Waals surface area contributed by atoms with E-state index in [0.717, 1.165) is 5.56 Å². The summed E-state index contributed by atoms with van der Waals surface area (Å²) in [6, 6.07) is 15.7. The second-order valence-corrected chi connectivity index (χ2v) is 5.31. The summed E-state index contributed by atoms with van der Waals surface area (Å²) >= 11 is 1.23. The zero-order valence-corrected chi connectivity index (χ0v) is 11.6. The predicted molar refractivity (Wildman–Crippen MR) is 81.3 cm³/mol. The third kappa shape index (κ3) is 2.48. The van der Waals surface area contributed by atoms with Crippen molar-refractivity contribution in [2.75, 3.05) is 0 Å². The van der Waals surface area contributed by atoms with Gasteiger partial charge in [0.2, 0.25) is 5.88 Å². The molecule has 0 aliphatic carbocycles. The van der Waals surface area contributed by atoms with Crippen molar-refractivity contribution in [2.24, 2.45) is 0 Å². The first-order chi connectivity index (χ1) is 10.2. The summed E-state index contributed by atoms with van der Waals surface area (Å²) in [6.07, 6.45) is 0. The van der Waals surface area contributed by atoms with Crippen molar-refractivity contribution >= 4 is 17.0 Å². The van der Waals surface area contributed by atoms with Gasteiger partial charge in [0.25, 0.3) is 5.69 Å². The monoisotopic (exact) mass is 298 g/mol. The van der Waals surface area contributed by atoms with Crippen molar-refractivity contribution < 1.29 is 10.0 Å². The molecule has 2 aromatic carbocycles. The fourth-order valence-corrected chi connectivity index (χ4v) is 3.02. The maximum Gasteiger partial charge on any atom is 0.278 e. The van der Waals surface area contributed by atoms with Crippen LogP contribution in [-0.4, -0.2) is 15.0 Å². The average Bonchev–Trinajstić information content (AvgIpc) is 2.90. The number of nitrogens with zero attached hydrogens (tertiary/aromatic N) is 2. The summed E-state index contributed by atoms with van der Waals surface area (Å²) in [4.78, 5) is 15.1. The number of rotatable bonds is 3. The molecular formula is C15H10N2O3S. The van der Waals surface area contributed by atoms with Gasteiger partial charge in [-0.3, -0.25) is 10.1 Å². The second-order valence-electron chi connectivity index (χ2n) is 4.31. The normalized spacial score (nSPS) is 10.5. The molecule has 3 rings (SSSR count). The Kier molecular flexibility index (Phi) is 3.37. The molecule has 0 aliphatic heterocycles. The van der Waals surface area contributed by atoms with Gasteiger partial charge in [-0.25, -0.2) is 4.98 Å². The van der Waals surface area contributed by atoms with E-state index in [1.165, 1.54) is 17.4 Å². The summed E-state index contributed by atoms with van der Waals surface area (Å²) in [5, 5.41) is 21.7. The zero-order valence-electron chi connectivity index (χ0n) is 10.8. The van der Waals surface area contributed by atoms with Crippen molar-refractivity contribution in [1.82, 2.24) is 4.98 Å². The number of aromatic nitrogens is 1. The standard InChI is InChI=1S/C15H10N2O3S/c18-14-13(11-8-4-5-9-12(11)17(19)20)21-15(16-14)10-6-2-1-3-7-10/h1-9,18H. The number of nitro groups is 1. The van der Waals surface area contributed by atoms with Crippen LogP contribution >= 0.6 is 11.3 Å². The molecule has 0 spiro atoms. The Bertz CT molecular complexity index is 800. The summed E-state index contributed by atoms with van der Waals surface area (Å²) in [5.41, 5.74) is 1.19. The Balaban J connectivity index is 2.13. The summed E-state index contributed by atoms with van der Waals surface area (Å²) in [7, 11) is 0. The quantitative estimate of drug-likeness (QED) is 0.583. The second kappa shape index (κ2) is 5.34. The molecule has 5 nitrogen and oxygen atoms in total. The lowest BCUT2D eigenvalue weighted by Crippen LogP contribution is -1.90. The molecule has 104 valence electrons. The van der Waals surface area contributed by atoms with E-state index in [4.69, 9.17) is 0 Å². The van der Waals surface area contributed by atoms with Crippen molar-refractivity contribution in [2.45, 2.75) is 0 Å². The first-order valence-electron chi connectivity index (χ1n) is 6.16. The first kappa shape index (κ1) is 13.3. The molecule has 6 heteroatoms. The van der Waals surface area contributed by atoms with Crippen LogP contribution in [0.25, 0.3) is 21.0 Å². The third-order valence-corrected chi connectivity index (χ3v) is 4.10. The van der Waals surface area contributed by atoms with Crippen LogP contribution in [-0.2, 0) is 0 Å². The molecule has 0 aliphatic rings. The van der Waals surface area contributed by atoms with Gasteiger partial charge in [0.15, 0.2) is 0 Å². The first-order valence-corrected chi connectivity index (χ1v) is 6.97. The molecule has 0 saturated heterocycles. The number of benzene rings is 2. The number of para-hydroxylation sites is 1. The molecule has 3 aromatic rings. The van der Waals surface area contributed by atoms with Crippen LogP contribution in [0.15, 0.2) is 54.6 Å². The van der Waals surface area contributed by atoms with E-state index in [-0.39, 0.29) is 11.6 Å². The molecule has 0 saturated carbocycles. The van der Waals surface area contributed by atoms with Crippen LogP contribution in [0.3, 0.4) is 0 Å². The molecule has 0 unspecified atom stereocenters. The number of hydrogen-bond donors (Lipinski definition) is 1. The maximum atomic E-state index is 11.1. The van der Waals surface area contributed by atoms with Crippen LogP contribution < -0.4 is 0 Å². The van der Waals surface area contributed by atoms with Gasteiger partial charge in [-0.05, 0) is 6.07 Å². The number of thiazole rings is 1. The van der Waals surface area contributed by atoms with Gasteiger partial charge in [0.1, 0.15) is 9.88 Å². The van der Waals surface area contributed by atoms with Crippen LogP contribution in [0.2, 0.25) is 0 Å². The average molecular weight is 298 g/mol. The number of hydrogen-bond acceptors (Lipinski definition) is 5. The van der Waals surface area contributed by atoms with Gasteiger partial charge in [-0.1, -0.05) is 42.5 Å². The Labute approximate surface area is 124 Å². The maximum absolute atomic E-state index is 11.1. The van der Waals surface area contributed by atoms with Gasteiger partial charge >= 0.3 is 0 Å². The Morgan fingerprint density at radius 2 is 1.71 bits per heavy atom. The highest BCUT2D eigenvalue weighted by Gasteiger charge is 2.21. The number of aromatic hydroxyl groups is 1. The molecule has 0 bridgehead atoms. The van der Waals surface area contributed by atoms with E-state index in [2.05, 4.69) is 4.98 Å². The predicted octanol–water partition coefficient (Wildman–Crippen LogP) is 4.09. The molecule has 0 atom stereocenters. The van der Waals surface area contributed by atoms with E-state index in [1.807, 2.05) is 30.3 Å². The minimum atomic E-state index is -0.462. The summed E-state index contributed by atoms with van der Waals surface area (Å²) in [6.45, 7) is 0. The van der Waals surface area contributed by atoms with Gasteiger partial charge in [-0.15, -0.1) is 11.3 Å². The molecule has 0 radical (unpaired) electrons. The van der Waals surface area contributed by atoms with E-state index in [0.29, 0.717) is 15.4 Å². The van der Waals surface area contributed by atoms with Gasteiger partial charge in [0, 0.05) is 11.6 Å². The van der Waals surface area contributed by atoms with Gasteiger partial charge < -0.3 is 5.11 Å². The SMILES string of the molecule is O=[N+]([O-])c1ccccc1-c1sc(-c2ccccc2)nc1O. The van der Waals surface area contributed by atoms with Crippen LogP contribution in [0.1, 0.15) is 0 Å². The molecular weight excluding hydrogens is 288 g/mol. The minimum absolute atomic E-state index is 0.0453. The highest BCUT2D eigenvalue weighted by atomic mass is 32.1. The van der Waals surface area contributed by atoms with Crippen molar-refractivity contribution in [3.05, 3.63) is 64.7 Å². The van der Waals surface area contributed by atoms with Crippen LogP contribution in [0.4, 0.5) is 5.69 Å². The molecule has 21 heavy (non-hydrogen) atoms. The van der Waals surface area contributed by atoms with E-state index in [9.17, 15) is 15.2 Å². The zero-order chi connectivity index (χ0) is 14.8. The van der Waals surface area contributed by atoms with Crippen molar-refractivity contribution in [3.8, 4) is 26.9 Å². The van der Waals surface area contributed by atoms with Crippen molar-refractivity contribution in [1.29, 1.82) is 0 Å². The Morgan fingerprint density at radius 3 is 2.43 bits per heavy atom. The van der Waals surface area contributed by atoms with E-state index in [1.54, 1.807) is 18.2 Å².